The van der Waals surface area contributed by atoms with Gasteiger partial charge in [-0.25, -0.2) is 0 Å². The lowest BCUT2D eigenvalue weighted by Gasteiger charge is -2.22. The van der Waals surface area contributed by atoms with Gasteiger partial charge < -0.3 is 26.0 Å². The molecule has 0 aliphatic carbocycles. The van der Waals surface area contributed by atoms with Crippen LogP contribution in [0.4, 0.5) is 5.69 Å². The molecule has 2 rings (SSSR count). The minimum absolute atomic E-state index is 0.277. The van der Waals surface area contributed by atoms with Crippen molar-refractivity contribution in [1.82, 2.24) is 5.32 Å². The van der Waals surface area contributed by atoms with E-state index in [1.54, 1.807) is 43.3 Å². The number of halogens is 2. The van der Waals surface area contributed by atoms with Gasteiger partial charge in [-0.3, -0.25) is 4.79 Å². The highest BCUT2D eigenvalue weighted by Crippen LogP contribution is 2.31. The van der Waals surface area contributed by atoms with Crippen molar-refractivity contribution in [2.24, 2.45) is 5.92 Å². The molecule has 2 aromatic carbocycles. The highest BCUT2D eigenvalue weighted by Gasteiger charge is 2.26. The fourth-order valence-corrected chi connectivity index (χ4v) is 3.77. The second kappa shape index (κ2) is 12.5. The highest BCUT2D eigenvalue weighted by atomic mass is 35.5. The number of aliphatic carboxylic acids is 1. The van der Waals surface area contributed by atoms with Crippen LogP contribution in [0.3, 0.4) is 0 Å². The third-order valence-electron chi connectivity index (χ3n) is 5.15. The summed E-state index contributed by atoms with van der Waals surface area (Å²) in [4.78, 5) is 11.7. The number of nitrogen functional groups attached to an aromatic ring is 1. The van der Waals surface area contributed by atoms with Crippen LogP contribution in [0.1, 0.15) is 43.4 Å². The van der Waals surface area contributed by atoms with E-state index in [2.05, 4.69) is 5.32 Å². The van der Waals surface area contributed by atoms with Crippen molar-refractivity contribution < 1.29 is 19.7 Å². The first-order valence-electron chi connectivity index (χ1n) is 10.3. The maximum Gasteiger partial charge on any atom is 0.310 e. The Morgan fingerprint density at radius 3 is 2.53 bits per heavy atom. The molecule has 0 fully saturated rings. The smallest absolute Gasteiger partial charge is 0.310 e. The molecular weight excluding hydrogens is 453 g/mol. The first-order chi connectivity index (χ1) is 15.2. The number of ether oxygens (including phenoxy) is 1. The van der Waals surface area contributed by atoms with Crippen LogP contribution in [0.5, 0.6) is 5.75 Å². The molecule has 0 bridgehead atoms. The zero-order valence-electron chi connectivity index (χ0n) is 17.7. The number of carboxylic acids is 1. The second-order valence-electron chi connectivity index (χ2n) is 7.49. The van der Waals surface area contributed by atoms with Crippen LogP contribution >= 0.6 is 23.2 Å². The van der Waals surface area contributed by atoms with E-state index >= 15 is 0 Å². The van der Waals surface area contributed by atoms with E-state index in [4.69, 9.17) is 38.9 Å². The number of rotatable bonds is 12. The second-order valence-corrected chi connectivity index (χ2v) is 8.30. The number of hydrogen-bond acceptors (Lipinski definition) is 6. The Balaban J connectivity index is 1.77. The standard InChI is InChI=1S/C23H27Cl2N3O4/c1-14(32-21-8-3-2-6-15(21)12-26)17(23(30)31)7-4-5-9-28-13-20(29)16-10-18(24)22(27)19(25)11-16/h2-3,6,8,10-11,14,17,20,28-29H,4-5,7,9,13,27H2,1H3,(H,30,31). The van der Waals surface area contributed by atoms with Gasteiger partial charge in [-0.2, -0.15) is 5.26 Å². The number of nitrogens with zero attached hydrogens (tertiary/aromatic N) is 1. The van der Waals surface area contributed by atoms with Crippen LogP contribution in [-0.4, -0.2) is 35.4 Å². The molecule has 9 heteroatoms. The van der Waals surface area contributed by atoms with Crippen molar-refractivity contribution in [3.05, 3.63) is 57.6 Å². The van der Waals surface area contributed by atoms with Gasteiger partial charge in [0.2, 0.25) is 0 Å². The molecule has 0 saturated carbocycles. The number of aliphatic hydroxyl groups is 1. The van der Waals surface area contributed by atoms with Gasteiger partial charge in [0.25, 0.3) is 0 Å². The van der Waals surface area contributed by atoms with Gasteiger partial charge in [0.15, 0.2) is 0 Å². The first-order valence-corrected chi connectivity index (χ1v) is 11.0. The van der Waals surface area contributed by atoms with Crippen LogP contribution in [0.25, 0.3) is 0 Å². The molecule has 5 N–H and O–H groups in total. The number of hydrogen-bond donors (Lipinski definition) is 4. The Kier molecular flexibility index (Phi) is 10.1. The highest BCUT2D eigenvalue weighted by molar-refractivity contribution is 6.38. The zero-order valence-corrected chi connectivity index (χ0v) is 19.2. The molecule has 172 valence electrons. The predicted molar refractivity (Wildman–Crippen MR) is 125 cm³/mol. The molecule has 0 aromatic heterocycles. The van der Waals surface area contributed by atoms with E-state index in [9.17, 15) is 15.0 Å². The molecule has 3 unspecified atom stereocenters. The van der Waals surface area contributed by atoms with Crippen LogP contribution in [-0.2, 0) is 4.79 Å². The SMILES string of the molecule is CC(Oc1ccccc1C#N)C(CCCCNCC(O)c1cc(Cl)c(N)c(Cl)c1)C(=O)O. The van der Waals surface area contributed by atoms with Crippen molar-refractivity contribution >= 4 is 34.9 Å². The summed E-state index contributed by atoms with van der Waals surface area (Å²) in [5, 5.41) is 32.8. The molecule has 0 saturated heterocycles. The lowest BCUT2D eigenvalue weighted by molar-refractivity contribution is -0.145. The van der Waals surface area contributed by atoms with E-state index in [1.807, 2.05) is 6.07 Å². The quantitative estimate of drug-likeness (QED) is 0.262. The summed E-state index contributed by atoms with van der Waals surface area (Å²) in [6.45, 7) is 2.60. The topological polar surface area (TPSA) is 129 Å². The summed E-state index contributed by atoms with van der Waals surface area (Å²) in [5.74, 6) is -1.26. The molecule has 0 radical (unpaired) electrons. The summed E-state index contributed by atoms with van der Waals surface area (Å²) < 4.78 is 5.76. The van der Waals surface area contributed by atoms with E-state index < -0.39 is 24.1 Å². The number of anilines is 1. The van der Waals surface area contributed by atoms with Gasteiger partial charge in [-0.15, -0.1) is 0 Å². The van der Waals surface area contributed by atoms with E-state index in [0.29, 0.717) is 52.9 Å². The van der Waals surface area contributed by atoms with Crippen LogP contribution in [0.15, 0.2) is 36.4 Å². The molecular formula is C23H27Cl2N3O4. The van der Waals surface area contributed by atoms with Gasteiger partial charge in [-0.05, 0) is 56.1 Å². The number of aliphatic hydroxyl groups excluding tert-OH is 1. The number of nitriles is 1. The Morgan fingerprint density at radius 2 is 1.91 bits per heavy atom. The van der Waals surface area contributed by atoms with E-state index in [1.165, 1.54) is 0 Å². The lowest BCUT2D eigenvalue weighted by Crippen LogP contribution is -2.31. The van der Waals surface area contributed by atoms with E-state index in [-0.39, 0.29) is 5.69 Å². The number of nitrogens with one attached hydrogen (secondary N) is 1. The Bertz CT molecular complexity index is 941. The van der Waals surface area contributed by atoms with Gasteiger partial charge in [-0.1, -0.05) is 41.8 Å². The maximum atomic E-state index is 11.7. The minimum atomic E-state index is -0.938. The number of nitrogens with two attached hydrogens (primary N) is 1. The molecule has 3 atom stereocenters. The third kappa shape index (κ3) is 7.28. The number of carbonyl (C=O) groups is 1. The van der Waals surface area contributed by atoms with Crippen LogP contribution < -0.4 is 15.8 Å². The first kappa shape index (κ1) is 25.8. The fourth-order valence-electron chi connectivity index (χ4n) is 3.27. The molecule has 32 heavy (non-hydrogen) atoms. The van der Waals surface area contributed by atoms with Gasteiger partial charge >= 0.3 is 5.97 Å². The summed E-state index contributed by atoms with van der Waals surface area (Å²) in [6, 6.07) is 12.0. The van der Waals surface area contributed by atoms with Crippen molar-refractivity contribution in [1.29, 1.82) is 5.26 Å². The number of para-hydroxylation sites is 1. The third-order valence-corrected chi connectivity index (χ3v) is 5.77. The number of unbranched alkanes of at least 4 members (excludes halogenated alkanes) is 1. The Morgan fingerprint density at radius 1 is 1.25 bits per heavy atom. The van der Waals surface area contributed by atoms with Gasteiger partial charge in [0.1, 0.15) is 17.9 Å². The monoisotopic (exact) mass is 479 g/mol. The van der Waals surface area contributed by atoms with Crippen LogP contribution in [0, 0.1) is 17.2 Å². The van der Waals surface area contributed by atoms with Gasteiger partial charge in [0, 0.05) is 6.54 Å². The van der Waals surface area contributed by atoms with Crippen molar-refractivity contribution in [3.8, 4) is 11.8 Å². The zero-order chi connectivity index (χ0) is 23.7. The van der Waals surface area contributed by atoms with Crippen molar-refractivity contribution in [3.63, 3.8) is 0 Å². The lowest BCUT2D eigenvalue weighted by atomic mass is 9.96. The number of benzene rings is 2. The van der Waals surface area contributed by atoms with Crippen LogP contribution in [0.2, 0.25) is 10.0 Å². The average molecular weight is 480 g/mol. The van der Waals surface area contributed by atoms with E-state index in [0.717, 1.165) is 6.42 Å². The summed E-state index contributed by atoms with van der Waals surface area (Å²) in [6.07, 6.45) is 0.426. The number of carboxylic acid groups (broad SMARTS) is 1. The normalized spacial score (nSPS) is 13.7. The molecule has 7 nitrogen and oxygen atoms in total. The molecule has 0 aliphatic heterocycles. The van der Waals surface area contributed by atoms with Crippen molar-refractivity contribution in [2.75, 3.05) is 18.8 Å². The predicted octanol–water partition coefficient (Wildman–Crippen LogP) is 4.41. The van der Waals surface area contributed by atoms with Crippen molar-refractivity contribution in [2.45, 2.75) is 38.4 Å². The molecule has 2 aromatic rings. The summed E-state index contributed by atoms with van der Waals surface area (Å²) in [7, 11) is 0. The Hall–Kier alpha value is -2.50. The largest absolute Gasteiger partial charge is 0.488 e. The summed E-state index contributed by atoms with van der Waals surface area (Å²) >= 11 is 12.0. The molecule has 0 heterocycles. The fraction of sp³-hybridized carbons (Fsp3) is 0.391. The average Bonchev–Trinajstić information content (AvgIpc) is 2.76. The Labute approximate surface area is 197 Å². The maximum absolute atomic E-state index is 11.7. The molecule has 0 aliphatic rings. The minimum Gasteiger partial charge on any atom is -0.488 e. The van der Waals surface area contributed by atoms with Gasteiger partial charge in [0.05, 0.1) is 33.3 Å². The molecule has 0 amide bonds. The molecule has 0 spiro atoms. The summed E-state index contributed by atoms with van der Waals surface area (Å²) in [5.41, 5.74) is 6.92.